The number of carboxylic acid groups (broad SMARTS) is 1. The van der Waals surface area contributed by atoms with Gasteiger partial charge < -0.3 is 14.7 Å². The molecule has 0 atom stereocenters. The molecular formula is C14H19NO4. The molecule has 0 fully saturated rings. The van der Waals surface area contributed by atoms with Gasteiger partial charge in [-0.3, -0.25) is 4.79 Å². The third kappa shape index (κ3) is 4.06. The predicted octanol–water partition coefficient (Wildman–Crippen LogP) is 1.62. The maximum atomic E-state index is 12.0. The zero-order chi connectivity index (χ0) is 14.4. The van der Waals surface area contributed by atoms with Crippen molar-refractivity contribution >= 4 is 17.6 Å². The van der Waals surface area contributed by atoms with Crippen LogP contribution in [0.4, 0.5) is 5.69 Å². The number of rotatable bonds is 6. The van der Waals surface area contributed by atoms with Crippen molar-refractivity contribution in [1.82, 2.24) is 0 Å². The SMILES string of the molecule is CCc1cccc(C)c1N(C)C(=O)COCC(=O)O. The van der Waals surface area contributed by atoms with Crippen LogP contribution in [-0.2, 0) is 20.7 Å². The van der Waals surface area contributed by atoms with E-state index in [4.69, 9.17) is 9.84 Å². The van der Waals surface area contributed by atoms with E-state index in [0.29, 0.717) is 0 Å². The quantitative estimate of drug-likeness (QED) is 0.848. The van der Waals surface area contributed by atoms with E-state index in [9.17, 15) is 9.59 Å². The van der Waals surface area contributed by atoms with Crippen molar-refractivity contribution in [2.24, 2.45) is 0 Å². The number of likely N-dealkylation sites (N-methyl/N-ethyl adjacent to an activating group) is 1. The van der Waals surface area contributed by atoms with E-state index >= 15 is 0 Å². The molecule has 5 nitrogen and oxygen atoms in total. The number of ether oxygens (including phenoxy) is 1. The fraction of sp³-hybridized carbons (Fsp3) is 0.429. The molecule has 104 valence electrons. The number of para-hydroxylation sites is 1. The van der Waals surface area contributed by atoms with Crippen LogP contribution in [-0.4, -0.2) is 37.2 Å². The number of aliphatic carboxylic acids is 1. The Balaban J connectivity index is 2.79. The van der Waals surface area contributed by atoms with Crippen LogP contribution in [0, 0.1) is 6.92 Å². The van der Waals surface area contributed by atoms with Crippen LogP contribution in [0.3, 0.4) is 0 Å². The molecule has 1 aromatic carbocycles. The lowest BCUT2D eigenvalue weighted by Gasteiger charge is -2.22. The van der Waals surface area contributed by atoms with Gasteiger partial charge in [0, 0.05) is 12.7 Å². The summed E-state index contributed by atoms with van der Waals surface area (Å²) < 4.78 is 4.82. The van der Waals surface area contributed by atoms with Crippen molar-refractivity contribution in [2.45, 2.75) is 20.3 Å². The summed E-state index contributed by atoms with van der Waals surface area (Å²) in [6.07, 6.45) is 0.824. The van der Waals surface area contributed by atoms with Crippen LogP contribution in [0.2, 0.25) is 0 Å². The summed E-state index contributed by atoms with van der Waals surface area (Å²) in [4.78, 5) is 23.8. The van der Waals surface area contributed by atoms with E-state index in [-0.39, 0.29) is 12.5 Å². The van der Waals surface area contributed by atoms with Gasteiger partial charge in [-0.1, -0.05) is 25.1 Å². The highest BCUT2D eigenvalue weighted by Crippen LogP contribution is 2.24. The van der Waals surface area contributed by atoms with Crippen LogP contribution in [0.25, 0.3) is 0 Å². The zero-order valence-electron chi connectivity index (χ0n) is 11.5. The molecule has 19 heavy (non-hydrogen) atoms. The number of carboxylic acids is 1. The van der Waals surface area contributed by atoms with Gasteiger partial charge in [0.2, 0.25) is 0 Å². The fourth-order valence-electron chi connectivity index (χ4n) is 1.93. The molecule has 0 spiro atoms. The molecule has 0 saturated heterocycles. The second-order valence-electron chi connectivity index (χ2n) is 4.28. The van der Waals surface area contributed by atoms with Gasteiger partial charge in [0.1, 0.15) is 13.2 Å². The number of benzene rings is 1. The molecule has 0 aliphatic rings. The minimum Gasteiger partial charge on any atom is -0.480 e. The van der Waals surface area contributed by atoms with Crippen LogP contribution >= 0.6 is 0 Å². The normalized spacial score (nSPS) is 10.3. The van der Waals surface area contributed by atoms with Crippen LogP contribution < -0.4 is 4.90 Å². The van der Waals surface area contributed by atoms with E-state index in [1.165, 1.54) is 4.90 Å². The second-order valence-corrected chi connectivity index (χ2v) is 4.28. The molecule has 0 saturated carbocycles. The summed E-state index contributed by atoms with van der Waals surface area (Å²) in [6.45, 7) is 3.27. The fourth-order valence-corrected chi connectivity index (χ4v) is 1.93. The molecule has 0 aliphatic heterocycles. The van der Waals surface area contributed by atoms with E-state index in [2.05, 4.69) is 0 Å². The lowest BCUT2D eigenvalue weighted by molar-refractivity contribution is -0.143. The highest BCUT2D eigenvalue weighted by atomic mass is 16.5. The highest BCUT2D eigenvalue weighted by Gasteiger charge is 2.16. The van der Waals surface area contributed by atoms with E-state index in [1.54, 1.807) is 7.05 Å². The van der Waals surface area contributed by atoms with Gasteiger partial charge in [-0.05, 0) is 24.5 Å². The van der Waals surface area contributed by atoms with Gasteiger partial charge in [-0.25, -0.2) is 4.79 Å². The lowest BCUT2D eigenvalue weighted by Crippen LogP contribution is -2.32. The molecule has 5 heteroatoms. The van der Waals surface area contributed by atoms with E-state index < -0.39 is 12.6 Å². The molecule has 1 amide bonds. The summed E-state index contributed by atoms with van der Waals surface area (Å²) in [6, 6.07) is 5.87. The Morgan fingerprint density at radius 2 is 2.00 bits per heavy atom. The maximum Gasteiger partial charge on any atom is 0.329 e. The number of hydrogen-bond acceptors (Lipinski definition) is 3. The van der Waals surface area contributed by atoms with Gasteiger partial charge in [0.05, 0.1) is 0 Å². The Labute approximate surface area is 112 Å². The molecular weight excluding hydrogens is 246 g/mol. The average molecular weight is 265 g/mol. The monoisotopic (exact) mass is 265 g/mol. The van der Waals surface area contributed by atoms with E-state index in [0.717, 1.165) is 23.2 Å². The van der Waals surface area contributed by atoms with Crippen molar-refractivity contribution in [3.63, 3.8) is 0 Å². The summed E-state index contributed by atoms with van der Waals surface area (Å²) in [7, 11) is 1.67. The predicted molar refractivity (Wildman–Crippen MR) is 72.4 cm³/mol. The molecule has 0 bridgehead atoms. The van der Waals surface area contributed by atoms with Crippen LogP contribution in [0.5, 0.6) is 0 Å². The number of nitrogens with zero attached hydrogens (tertiary/aromatic N) is 1. The Morgan fingerprint density at radius 3 is 2.58 bits per heavy atom. The van der Waals surface area contributed by atoms with Crippen molar-refractivity contribution in [3.05, 3.63) is 29.3 Å². The molecule has 0 heterocycles. The van der Waals surface area contributed by atoms with Gasteiger partial charge in [0.25, 0.3) is 5.91 Å². The first-order valence-electron chi connectivity index (χ1n) is 6.12. The van der Waals surface area contributed by atoms with Gasteiger partial charge >= 0.3 is 5.97 Å². The van der Waals surface area contributed by atoms with Crippen molar-refractivity contribution in [2.75, 3.05) is 25.2 Å². The first-order chi connectivity index (χ1) is 8.97. The number of carbonyl (C=O) groups excluding carboxylic acids is 1. The zero-order valence-corrected chi connectivity index (χ0v) is 11.5. The Morgan fingerprint density at radius 1 is 1.32 bits per heavy atom. The molecule has 0 unspecified atom stereocenters. The average Bonchev–Trinajstić information content (AvgIpc) is 2.37. The highest BCUT2D eigenvalue weighted by molar-refractivity contribution is 5.95. The van der Waals surface area contributed by atoms with Crippen molar-refractivity contribution in [1.29, 1.82) is 0 Å². The summed E-state index contributed by atoms with van der Waals surface area (Å²) in [5.41, 5.74) is 2.96. The standard InChI is InChI=1S/C14H19NO4/c1-4-11-7-5-6-10(2)14(11)15(3)12(16)8-19-9-13(17)18/h5-7H,4,8-9H2,1-3H3,(H,17,18). The maximum absolute atomic E-state index is 12.0. The van der Waals surface area contributed by atoms with E-state index in [1.807, 2.05) is 32.0 Å². The van der Waals surface area contributed by atoms with Crippen LogP contribution in [0.15, 0.2) is 18.2 Å². The Bertz CT molecular complexity index is 471. The Kier molecular flexibility index (Phi) is 5.51. The molecule has 1 rings (SSSR count). The van der Waals surface area contributed by atoms with Crippen molar-refractivity contribution in [3.8, 4) is 0 Å². The lowest BCUT2D eigenvalue weighted by atomic mass is 10.0. The first kappa shape index (κ1) is 15.2. The third-order valence-corrected chi connectivity index (χ3v) is 2.86. The summed E-state index contributed by atoms with van der Waals surface area (Å²) in [5.74, 6) is -1.34. The number of amides is 1. The van der Waals surface area contributed by atoms with Crippen LogP contribution in [0.1, 0.15) is 18.1 Å². The molecule has 1 N–H and O–H groups in total. The molecule has 0 radical (unpaired) electrons. The summed E-state index contributed by atoms with van der Waals surface area (Å²) >= 11 is 0. The second kappa shape index (κ2) is 6.89. The van der Waals surface area contributed by atoms with Crippen molar-refractivity contribution < 1.29 is 19.4 Å². The van der Waals surface area contributed by atoms with Gasteiger partial charge in [-0.2, -0.15) is 0 Å². The number of anilines is 1. The van der Waals surface area contributed by atoms with Gasteiger partial charge in [-0.15, -0.1) is 0 Å². The number of aryl methyl sites for hydroxylation is 2. The number of hydrogen-bond donors (Lipinski definition) is 1. The molecule has 0 aromatic heterocycles. The minimum atomic E-state index is -1.08. The Hall–Kier alpha value is -1.88. The summed E-state index contributed by atoms with van der Waals surface area (Å²) in [5, 5.41) is 8.46. The topological polar surface area (TPSA) is 66.8 Å². The van der Waals surface area contributed by atoms with Gasteiger partial charge in [0.15, 0.2) is 0 Å². The minimum absolute atomic E-state index is 0.236. The molecule has 0 aliphatic carbocycles. The smallest absolute Gasteiger partial charge is 0.329 e. The number of carbonyl (C=O) groups is 2. The molecule has 1 aromatic rings. The largest absolute Gasteiger partial charge is 0.480 e. The third-order valence-electron chi connectivity index (χ3n) is 2.86. The first-order valence-corrected chi connectivity index (χ1v) is 6.12.